The zero-order valence-electron chi connectivity index (χ0n) is 8.14. The van der Waals surface area contributed by atoms with Crippen molar-refractivity contribution in [3.63, 3.8) is 0 Å². The molecule has 0 saturated carbocycles. The van der Waals surface area contributed by atoms with E-state index in [9.17, 15) is 22.4 Å². The van der Waals surface area contributed by atoms with E-state index in [-0.39, 0.29) is 0 Å². The maximum atomic E-state index is 12.7. The normalized spacial score (nSPS) is 11.3. The maximum absolute atomic E-state index is 12.7. The molecule has 1 heterocycles. The molecule has 0 unspecified atom stereocenters. The van der Waals surface area contributed by atoms with Gasteiger partial charge in [-0.15, -0.1) is 0 Å². The molecule has 0 radical (unpaired) electrons. The first-order chi connectivity index (χ1) is 7.34. The zero-order chi connectivity index (χ0) is 12.3. The molecule has 1 aromatic heterocycles. The third kappa shape index (κ3) is 2.91. The van der Waals surface area contributed by atoms with Crippen LogP contribution < -0.4 is 0 Å². The molecule has 0 aliphatic rings. The van der Waals surface area contributed by atoms with Gasteiger partial charge in [-0.3, -0.25) is 4.79 Å². The molecule has 0 aliphatic carbocycles. The molecule has 0 atom stereocenters. The lowest BCUT2D eigenvalue weighted by Gasteiger charge is -2.10. The number of ether oxygens (including phenoxy) is 1. The second kappa shape index (κ2) is 4.46. The van der Waals surface area contributed by atoms with E-state index in [1.807, 2.05) is 0 Å². The number of esters is 1. The van der Waals surface area contributed by atoms with Gasteiger partial charge in [0.15, 0.2) is 0 Å². The van der Waals surface area contributed by atoms with E-state index in [0.717, 1.165) is 7.11 Å². The highest BCUT2D eigenvalue weighted by molar-refractivity contribution is 5.72. The number of pyridine rings is 1. The third-order valence-corrected chi connectivity index (χ3v) is 1.76. The average molecular weight is 237 g/mol. The number of hydrogen-bond donors (Lipinski definition) is 0. The molecule has 0 aliphatic heterocycles. The van der Waals surface area contributed by atoms with Gasteiger partial charge in [0.25, 0.3) is 0 Å². The molecule has 0 N–H and O–H groups in total. The van der Waals surface area contributed by atoms with Crippen molar-refractivity contribution in [3.8, 4) is 0 Å². The Balaban J connectivity index is 3.13. The summed E-state index contributed by atoms with van der Waals surface area (Å²) < 4.78 is 54.1. The predicted molar refractivity (Wildman–Crippen MR) is 44.9 cm³/mol. The number of nitrogens with zero attached hydrogens (tertiary/aromatic N) is 1. The smallest absolute Gasteiger partial charge is 0.433 e. The van der Waals surface area contributed by atoms with E-state index in [0.29, 0.717) is 12.3 Å². The van der Waals surface area contributed by atoms with Crippen LogP contribution in [-0.4, -0.2) is 18.1 Å². The molecule has 1 rings (SSSR count). The minimum Gasteiger partial charge on any atom is -0.469 e. The van der Waals surface area contributed by atoms with Crippen LogP contribution in [0.3, 0.4) is 0 Å². The van der Waals surface area contributed by atoms with Gasteiger partial charge in [0, 0.05) is 0 Å². The van der Waals surface area contributed by atoms with Crippen molar-refractivity contribution in [1.82, 2.24) is 4.98 Å². The van der Waals surface area contributed by atoms with E-state index >= 15 is 0 Å². The van der Waals surface area contributed by atoms with Crippen molar-refractivity contribution in [3.05, 3.63) is 29.3 Å². The number of carbonyl (C=O) groups excluding carboxylic acids is 1. The van der Waals surface area contributed by atoms with Crippen LogP contribution in [0.25, 0.3) is 0 Å². The summed E-state index contributed by atoms with van der Waals surface area (Å²) in [6.07, 6.45) is -4.95. The standard InChI is InChI=1S/C9H7F4NO2/c1-16-7(15)3-5-2-6(10)4-14-8(5)9(11,12)13/h2,4H,3H2,1H3. The van der Waals surface area contributed by atoms with Crippen molar-refractivity contribution in [2.45, 2.75) is 12.6 Å². The summed E-state index contributed by atoms with van der Waals surface area (Å²) in [5.74, 6) is -1.83. The van der Waals surface area contributed by atoms with Crippen LogP contribution >= 0.6 is 0 Å². The Hall–Kier alpha value is -1.66. The Kier molecular flexibility index (Phi) is 3.46. The van der Waals surface area contributed by atoms with Crippen molar-refractivity contribution in [2.24, 2.45) is 0 Å². The molecular weight excluding hydrogens is 230 g/mol. The number of carbonyl (C=O) groups is 1. The first-order valence-electron chi connectivity index (χ1n) is 4.13. The van der Waals surface area contributed by atoms with Crippen molar-refractivity contribution in [2.75, 3.05) is 7.11 Å². The van der Waals surface area contributed by atoms with Gasteiger partial charge in [-0.05, 0) is 11.6 Å². The van der Waals surface area contributed by atoms with E-state index in [1.165, 1.54) is 0 Å². The lowest BCUT2D eigenvalue weighted by atomic mass is 10.1. The first kappa shape index (κ1) is 12.4. The number of halogens is 4. The van der Waals surface area contributed by atoms with Gasteiger partial charge >= 0.3 is 12.1 Å². The second-order valence-corrected chi connectivity index (χ2v) is 2.91. The summed E-state index contributed by atoms with van der Waals surface area (Å²) in [5, 5.41) is 0. The highest BCUT2D eigenvalue weighted by Gasteiger charge is 2.35. The molecule has 0 spiro atoms. The van der Waals surface area contributed by atoms with E-state index in [4.69, 9.17) is 0 Å². The molecule has 0 saturated heterocycles. The molecule has 7 heteroatoms. The van der Waals surface area contributed by atoms with Crippen LogP contribution in [0.5, 0.6) is 0 Å². The number of aromatic nitrogens is 1. The van der Waals surface area contributed by atoms with Gasteiger partial charge in [0.1, 0.15) is 11.5 Å². The Morgan fingerprint density at radius 2 is 2.12 bits per heavy atom. The van der Waals surface area contributed by atoms with E-state index in [1.54, 1.807) is 0 Å². The minimum atomic E-state index is -4.73. The Bertz CT molecular complexity index is 403. The summed E-state index contributed by atoms with van der Waals surface area (Å²) in [6, 6.07) is 0.618. The fourth-order valence-electron chi connectivity index (χ4n) is 1.10. The molecule has 0 bridgehead atoms. The fourth-order valence-corrected chi connectivity index (χ4v) is 1.10. The molecule has 88 valence electrons. The molecule has 16 heavy (non-hydrogen) atoms. The topological polar surface area (TPSA) is 39.2 Å². The fraction of sp³-hybridized carbons (Fsp3) is 0.333. The van der Waals surface area contributed by atoms with Gasteiger partial charge in [-0.2, -0.15) is 13.2 Å². The predicted octanol–water partition coefficient (Wildman–Crippen LogP) is 1.95. The van der Waals surface area contributed by atoms with Crippen LogP contribution in [0.15, 0.2) is 12.3 Å². The Morgan fingerprint density at radius 3 is 2.62 bits per heavy atom. The lowest BCUT2D eigenvalue weighted by Crippen LogP contribution is -2.15. The summed E-state index contributed by atoms with van der Waals surface area (Å²) in [6.45, 7) is 0. The van der Waals surface area contributed by atoms with Gasteiger partial charge in [0.05, 0.1) is 19.7 Å². The van der Waals surface area contributed by atoms with E-state index in [2.05, 4.69) is 9.72 Å². The van der Waals surface area contributed by atoms with Crippen molar-refractivity contribution < 1.29 is 27.1 Å². The number of alkyl halides is 3. The van der Waals surface area contributed by atoms with Crippen LogP contribution in [0, 0.1) is 5.82 Å². The van der Waals surface area contributed by atoms with Crippen molar-refractivity contribution in [1.29, 1.82) is 0 Å². The molecular formula is C9H7F4NO2. The summed E-state index contributed by atoms with van der Waals surface area (Å²) in [7, 11) is 1.03. The summed E-state index contributed by atoms with van der Waals surface area (Å²) in [5.41, 5.74) is -1.82. The highest BCUT2D eigenvalue weighted by Crippen LogP contribution is 2.30. The van der Waals surface area contributed by atoms with Gasteiger partial charge in [-0.1, -0.05) is 0 Å². The highest BCUT2D eigenvalue weighted by atomic mass is 19.4. The van der Waals surface area contributed by atoms with Gasteiger partial charge in [0.2, 0.25) is 0 Å². The number of methoxy groups -OCH3 is 1. The quantitative estimate of drug-likeness (QED) is 0.583. The van der Waals surface area contributed by atoms with Crippen LogP contribution in [-0.2, 0) is 22.1 Å². The zero-order valence-corrected chi connectivity index (χ0v) is 8.14. The van der Waals surface area contributed by atoms with Crippen LogP contribution in [0.2, 0.25) is 0 Å². The minimum absolute atomic E-state index is 0.448. The SMILES string of the molecule is COC(=O)Cc1cc(F)cnc1C(F)(F)F. The largest absolute Gasteiger partial charge is 0.469 e. The molecule has 1 aromatic rings. The Morgan fingerprint density at radius 1 is 1.50 bits per heavy atom. The lowest BCUT2D eigenvalue weighted by molar-refractivity contribution is -0.143. The molecule has 0 fully saturated rings. The van der Waals surface area contributed by atoms with Gasteiger partial charge in [-0.25, -0.2) is 9.37 Å². The summed E-state index contributed by atoms with van der Waals surface area (Å²) >= 11 is 0. The molecule has 0 aromatic carbocycles. The van der Waals surface area contributed by atoms with Crippen molar-refractivity contribution >= 4 is 5.97 Å². The number of rotatable bonds is 2. The Labute approximate surface area is 88.0 Å². The monoisotopic (exact) mass is 237 g/mol. The maximum Gasteiger partial charge on any atom is 0.433 e. The van der Waals surface area contributed by atoms with E-state index < -0.39 is 35.6 Å². The van der Waals surface area contributed by atoms with Crippen LogP contribution in [0.4, 0.5) is 17.6 Å². The van der Waals surface area contributed by atoms with Gasteiger partial charge < -0.3 is 4.74 Å². The number of hydrogen-bond acceptors (Lipinski definition) is 3. The second-order valence-electron chi connectivity index (χ2n) is 2.91. The van der Waals surface area contributed by atoms with Crippen LogP contribution in [0.1, 0.15) is 11.3 Å². The molecule has 3 nitrogen and oxygen atoms in total. The first-order valence-corrected chi connectivity index (χ1v) is 4.13. The molecule has 0 amide bonds. The third-order valence-electron chi connectivity index (χ3n) is 1.76. The summed E-state index contributed by atoms with van der Waals surface area (Å²) in [4.78, 5) is 13.8. The average Bonchev–Trinajstić information content (AvgIpc) is 2.15.